The summed E-state index contributed by atoms with van der Waals surface area (Å²) in [5.74, 6) is -0.832. The van der Waals surface area contributed by atoms with E-state index in [-0.39, 0.29) is 17.8 Å². The van der Waals surface area contributed by atoms with Crippen LogP contribution in [0.25, 0.3) is 0 Å². The molecule has 0 spiro atoms. The maximum Gasteiger partial charge on any atom is 0.327 e. The van der Waals surface area contributed by atoms with Gasteiger partial charge < -0.3 is 9.64 Å². The quantitative estimate of drug-likeness (QED) is 0.839. The summed E-state index contributed by atoms with van der Waals surface area (Å²) in [6, 6.07) is 3.35. The molecule has 1 saturated heterocycles. The van der Waals surface area contributed by atoms with Crippen molar-refractivity contribution in [2.45, 2.75) is 51.7 Å². The topological polar surface area (TPSA) is 58.6 Å². The molecule has 0 radical (unpaired) electrons. The molecule has 132 valence electrons. The van der Waals surface area contributed by atoms with Crippen LogP contribution >= 0.6 is 0 Å². The Balaban J connectivity index is 2.24. The van der Waals surface area contributed by atoms with Gasteiger partial charge in [0.1, 0.15) is 11.9 Å². The van der Waals surface area contributed by atoms with Crippen molar-refractivity contribution in [3.05, 3.63) is 35.1 Å². The van der Waals surface area contributed by atoms with Gasteiger partial charge in [0.05, 0.1) is 13.2 Å². The number of benzene rings is 1. The Bertz CT molecular complexity index is 618. The Morgan fingerprint density at radius 1 is 1.42 bits per heavy atom. The normalized spacial score (nSPS) is 19.5. The lowest BCUT2D eigenvalue weighted by molar-refractivity contribution is -0.145. The zero-order valence-electron chi connectivity index (χ0n) is 14.6. The summed E-state index contributed by atoms with van der Waals surface area (Å²) in [5.41, 5.74) is 1.04. The molecular weight excluding hydrogens is 311 g/mol. The Hall–Kier alpha value is -1.95. The summed E-state index contributed by atoms with van der Waals surface area (Å²) in [7, 11) is 1.30. The van der Waals surface area contributed by atoms with E-state index in [0.717, 1.165) is 13.0 Å². The van der Waals surface area contributed by atoms with Crippen molar-refractivity contribution in [1.29, 1.82) is 0 Å². The first-order valence-corrected chi connectivity index (χ1v) is 8.25. The van der Waals surface area contributed by atoms with Crippen LogP contribution in [0, 0.1) is 12.7 Å². The monoisotopic (exact) mass is 336 g/mol. The average Bonchev–Trinajstić information content (AvgIpc) is 2.55. The lowest BCUT2D eigenvalue weighted by Gasteiger charge is -2.36. The minimum atomic E-state index is -0.796. The highest BCUT2D eigenvalue weighted by atomic mass is 19.1. The summed E-state index contributed by atoms with van der Waals surface area (Å²) in [6.45, 7) is 6.31. The highest BCUT2D eigenvalue weighted by Crippen LogP contribution is 2.22. The summed E-state index contributed by atoms with van der Waals surface area (Å²) < 4.78 is 18.4. The molecule has 1 aliphatic heterocycles. The number of hydrogen-bond donors (Lipinski definition) is 1. The van der Waals surface area contributed by atoms with E-state index in [2.05, 4.69) is 5.32 Å². The number of methoxy groups -OCH3 is 1. The molecule has 1 N–H and O–H groups in total. The third-order valence-corrected chi connectivity index (χ3v) is 4.42. The maximum atomic E-state index is 13.5. The van der Waals surface area contributed by atoms with Crippen molar-refractivity contribution in [2.24, 2.45) is 0 Å². The molecule has 0 unspecified atom stereocenters. The fraction of sp³-hybridized carbons (Fsp3) is 0.556. The molecule has 2 rings (SSSR count). The van der Waals surface area contributed by atoms with Gasteiger partial charge >= 0.3 is 5.97 Å². The van der Waals surface area contributed by atoms with Crippen LogP contribution < -0.4 is 5.32 Å². The van der Waals surface area contributed by atoms with Crippen LogP contribution in [-0.4, -0.2) is 42.5 Å². The lowest BCUT2D eigenvalue weighted by Crippen LogP contribution is -2.54. The number of aryl methyl sites for hydroxylation is 1. The summed E-state index contributed by atoms with van der Waals surface area (Å²) in [6.07, 6.45) is 1.54. The van der Waals surface area contributed by atoms with Crippen LogP contribution in [0.5, 0.6) is 0 Å². The predicted octanol–water partition coefficient (Wildman–Crippen LogP) is 2.34. The molecule has 1 aromatic rings. The van der Waals surface area contributed by atoms with Crippen molar-refractivity contribution in [3.63, 3.8) is 0 Å². The number of likely N-dealkylation sites (tertiary alicyclic amines) is 1. The van der Waals surface area contributed by atoms with Gasteiger partial charge in [0.25, 0.3) is 0 Å². The van der Waals surface area contributed by atoms with Gasteiger partial charge in [-0.15, -0.1) is 0 Å². The van der Waals surface area contributed by atoms with E-state index in [4.69, 9.17) is 4.74 Å². The molecular formula is C18H25FN2O3. The SMILES string of the molecule is COC(=O)[C@H](N[C@@H]1CCCN(C(C)C)C1=O)c1ccc(F)c(C)c1. The summed E-state index contributed by atoms with van der Waals surface area (Å²) in [5, 5.41) is 3.12. The number of nitrogens with one attached hydrogen (secondary N) is 1. The maximum absolute atomic E-state index is 13.5. The molecule has 1 aliphatic rings. The number of nitrogens with zero attached hydrogens (tertiary/aromatic N) is 1. The van der Waals surface area contributed by atoms with E-state index in [1.54, 1.807) is 19.1 Å². The number of esters is 1. The fourth-order valence-electron chi connectivity index (χ4n) is 3.03. The third-order valence-electron chi connectivity index (χ3n) is 4.42. The minimum Gasteiger partial charge on any atom is -0.468 e. The second kappa shape index (κ2) is 7.75. The van der Waals surface area contributed by atoms with Gasteiger partial charge in [-0.3, -0.25) is 10.1 Å². The molecule has 1 amide bonds. The Morgan fingerprint density at radius 3 is 2.71 bits per heavy atom. The van der Waals surface area contributed by atoms with Gasteiger partial charge in [-0.2, -0.15) is 0 Å². The van der Waals surface area contributed by atoms with Crippen molar-refractivity contribution in [1.82, 2.24) is 10.2 Å². The van der Waals surface area contributed by atoms with E-state index in [1.807, 2.05) is 18.7 Å². The zero-order chi connectivity index (χ0) is 17.9. The van der Waals surface area contributed by atoms with Gasteiger partial charge in [0, 0.05) is 12.6 Å². The smallest absolute Gasteiger partial charge is 0.327 e. The number of halogens is 1. The first kappa shape index (κ1) is 18.4. The number of ether oxygens (including phenoxy) is 1. The highest BCUT2D eigenvalue weighted by Gasteiger charge is 2.34. The van der Waals surface area contributed by atoms with Crippen molar-refractivity contribution in [3.8, 4) is 0 Å². The van der Waals surface area contributed by atoms with E-state index < -0.39 is 18.1 Å². The number of piperidine rings is 1. The molecule has 5 nitrogen and oxygen atoms in total. The van der Waals surface area contributed by atoms with Gasteiger partial charge in [-0.05, 0) is 50.8 Å². The number of carbonyl (C=O) groups excluding carboxylic acids is 2. The van der Waals surface area contributed by atoms with E-state index in [0.29, 0.717) is 17.5 Å². The zero-order valence-corrected chi connectivity index (χ0v) is 14.6. The average molecular weight is 336 g/mol. The third kappa shape index (κ3) is 3.93. The molecule has 1 fully saturated rings. The molecule has 6 heteroatoms. The Labute approximate surface area is 142 Å². The summed E-state index contributed by atoms with van der Waals surface area (Å²) >= 11 is 0. The van der Waals surface area contributed by atoms with E-state index >= 15 is 0 Å². The molecule has 1 heterocycles. The van der Waals surface area contributed by atoms with Crippen LogP contribution in [0.3, 0.4) is 0 Å². The van der Waals surface area contributed by atoms with Gasteiger partial charge in [-0.25, -0.2) is 9.18 Å². The van der Waals surface area contributed by atoms with Gasteiger partial charge in [-0.1, -0.05) is 12.1 Å². The van der Waals surface area contributed by atoms with Crippen molar-refractivity contribution >= 4 is 11.9 Å². The molecule has 24 heavy (non-hydrogen) atoms. The molecule has 2 atom stereocenters. The minimum absolute atomic E-state index is 0.0102. The molecule has 0 aromatic heterocycles. The summed E-state index contributed by atoms with van der Waals surface area (Å²) in [4.78, 5) is 26.6. The van der Waals surface area contributed by atoms with Gasteiger partial charge in [0.2, 0.25) is 5.91 Å². The standard InChI is InChI=1S/C18H25FN2O3/c1-11(2)21-9-5-6-15(17(21)22)20-16(18(23)24-4)13-7-8-14(19)12(3)10-13/h7-8,10-11,15-16,20H,5-6,9H2,1-4H3/t15-,16-/m1/s1. The highest BCUT2D eigenvalue weighted by molar-refractivity contribution is 5.84. The number of amides is 1. The Morgan fingerprint density at radius 2 is 2.12 bits per heavy atom. The largest absolute Gasteiger partial charge is 0.468 e. The number of hydrogen-bond acceptors (Lipinski definition) is 4. The molecule has 0 aliphatic carbocycles. The van der Waals surface area contributed by atoms with Crippen LogP contribution in [0.2, 0.25) is 0 Å². The van der Waals surface area contributed by atoms with Crippen LogP contribution in [0.1, 0.15) is 43.9 Å². The van der Waals surface area contributed by atoms with Crippen molar-refractivity contribution in [2.75, 3.05) is 13.7 Å². The lowest BCUT2D eigenvalue weighted by atomic mass is 9.99. The Kier molecular flexibility index (Phi) is 5.94. The second-order valence-electron chi connectivity index (χ2n) is 6.45. The number of rotatable bonds is 5. The van der Waals surface area contributed by atoms with E-state index in [1.165, 1.54) is 13.2 Å². The predicted molar refractivity (Wildman–Crippen MR) is 88.9 cm³/mol. The fourth-order valence-corrected chi connectivity index (χ4v) is 3.03. The van der Waals surface area contributed by atoms with Gasteiger partial charge in [0.15, 0.2) is 0 Å². The van der Waals surface area contributed by atoms with Crippen LogP contribution in [-0.2, 0) is 14.3 Å². The van der Waals surface area contributed by atoms with Crippen molar-refractivity contribution < 1.29 is 18.7 Å². The number of carbonyl (C=O) groups is 2. The van der Waals surface area contributed by atoms with Crippen LogP contribution in [0.15, 0.2) is 18.2 Å². The molecule has 0 bridgehead atoms. The molecule has 0 saturated carbocycles. The second-order valence-corrected chi connectivity index (χ2v) is 6.45. The first-order valence-electron chi connectivity index (χ1n) is 8.25. The van der Waals surface area contributed by atoms with Crippen LogP contribution in [0.4, 0.5) is 4.39 Å². The van der Waals surface area contributed by atoms with E-state index in [9.17, 15) is 14.0 Å². The molecule has 1 aromatic carbocycles. The first-order chi connectivity index (χ1) is 11.3.